The molecule has 0 radical (unpaired) electrons. The van der Waals surface area contributed by atoms with E-state index in [0.29, 0.717) is 11.1 Å². The fourth-order valence-corrected chi connectivity index (χ4v) is 2.51. The predicted octanol–water partition coefficient (Wildman–Crippen LogP) is 3.25. The molecule has 1 atom stereocenters. The first-order valence-corrected chi connectivity index (χ1v) is 8.18. The van der Waals surface area contributed by atoms with Crippen LogP contribution < -0.4 is 10.9 Å². The highest BCUT2D eigenvalue weighted by molar-refractivity contribution is 5.82. The largest absolute Gasteiger partial charge is 0.444 e. The van der Waals surface area contributed by atoms with Gasteiger partial charge in [-0.15, -0.1) is 0 Å². The van der Waals surface area contributed by atoms with Crippen molar-refractivity contribution in [3.63, 3.8) is 0 Å². The third-order valence-corrected chi connectivity index (χ3v) is 3.72. The molecule has 1 aromatic carbocycles. The molecule has 1 unspecified atom stereocenters. The van der Waals surface area contributed by atoms with Gasteiger partial charge in [0.15, 0.2) is 0 Å². The minimum absolute atomic E-state index is 0.0164. The second-order valence-corrected chi connectivity index (χ2v) is 7.06. The van der Waals surface area contributed by atoms with Crippen LogP contribution in [0.15, 0.2) is 41.0 Å². The molecule has 1 heterocycles. The summed E-state index contributed by atoms with van der Waals surface area (Å²) in [7, 11) is 0. The molecule has 2 rings (SSSR count). The van der Waals surface area contributed by atoms with Gasteiger partial charge in [0, 0.05) is 29.1 Å². The summed E-state index contributed by atoms with van der Waals surface area (Å²) in [6, 6.07) is 6.38. The Morgan fingerprint density at radius 1 is 1.38 bits per heavy atom. The van der Waals surface area contributed by atoms with Gasteiger partial charge in [-0.3, -0.25) is 4.79 Å². The van der Waals surface area contributed by atoms with Crippen molar-refractivity contribution in [1.29, 1.82) is 0 Å². The molecule has 2 aromatic rings. The second kappa shape index (κ2) is 7.70. The minimum atomic E-state index is -1.24. The highest BCUT2D eigenvalue weighted by Crippen LogP contribution is 2.25. The average Bonchev–Trinajstić information content (AvgIpc) is 2.53. The summed E-state index contributed by atoms with van der Waals surface area (Å²) in [5.41, 5.74) is 0.919. The first-order chi connectivity index (χ1) is 12.1. The van der Waals surface area contributed by atoms with E-state index in [4.69, 9.17) is 4.74 Å². The Bertz CT molecular complexity index is 897. The predicted molar refractivity (Wildman–Crippen MR) is 97.7 cm³/mol. The molecule has 0 fully saturated rings. The number of nitrogens with one attached hydrogen (secondary N) is 2. The van der Waals surface area contributed by atoms with Crippen LogP contribution in [0, 0.1) is 6.92 Å². The number of aliphatic hydroxyl groups is 1. The van der Waals surface area contributed by atoms with Crippen LogP contribution in [0.5, 0.6) is 0 Å². The number of halogens is 1. The summed E-state index contributed by atoms with van der Waals surface area (Å²) in [4.78, 5) is 25.9. The Morgan fingerprint density at radius 2 is 2.08 bits per heavy atom. The van der Waals surface area contributed by atoms with E-state index in [1.807, 2.05) is 0 Å². The van der Waals surface area contributed by atoms with E-state index >= 15 is 0 Å². The zero-order valence-corrected chi connectivity index (χ0v) is 15.2. The number of aromatic nitrogens is 1. The molecule has 6 nitrogen and oxygen atoms in total. The summed E-state index contributed by atoms with van der Waals surface area (Å²) >= 11 is 0. The zero-order valence-electron chi connectivity index (χ0n) is 15.2. The Morgan fingerprint density at radius 3 is 2.69 bits per heavy atom. The standard InChI is InChI=1S/C19H23FN2O4/c1-11-7-16(23)22-15-6-5-12(8-14(11)15)17(24)13(9-20)10-21-18(25)26-19(2,3)4/h5-9,17,24H,10H2,1-4H3,(H,21,25)(H,22,23)/b13-9-. The molecule has 0 aliphatic carbocycles. The van der Waals surface area contributed by atoms with Gasteiger partial charge in [-0.2, -0.15) is 0 Å². The summed E-state index contributed by atoms with van der Waals surface area (Å²) in [5.74, 6) is 0. The number of pyridine rings is 1. The number of fused-ring (bicyclic) bond motifs is 1. The number of amides is 1. The van der Waals surface area contributed by atoms with E-state index in [0.717, 1.165) is 10.9 Å². The van der Waals surface area contributed by atoms with Crippen molar-refractivity contribution in [3.05, 3.63) is 57.6 Å². The number of aryl methyl sites for hydroxylation is 1. The number of H-pyrrole nitrogens is 1. The second-order valence-electron chi connectivity index (χ2n) is 7.06. The molecule has 0 spiro atoms. The molecule has 7 heteroatoms. The highest BCUT2D eigenvalue weighted by Gasteiger charge is 2.19. The molecule has 1 aromatic heterocycles. The van der Waals surface area contributed by atoms with Gasteiger partial charge in [-0.1, -0.05) is 6.07 Å². The number of carbonyl (C=O) groups is 1. The van der Waals surface area contributed by atoms with Crippen LogP contribution in [0.1, 0.15) is 38.0 Å². The number of carbonyl (C=O) groups excluding carboxylic acids is 1. The molecule has 0 aliphatic heterocycles. The molecule has 0 saturated carbocycles. The maximum absolute atomic E-state index is 13.3. The SMILES string of the molecule is Cc1cc(=O)[nH]c2ccc(C(O)/C(=C\F)CNC(=O)OC(C)(C)C)cc12. The van der Waals surface area contributed by atoms with Crippen LogP contribution in [-0.2, 0) is 4.74 Å². The molecule has 0 aliphatic rings. The van der Waals surface area contributed by atoms with Gasteiger partial charge in [0.2, 0.25) is 5.56 Å². The van der Waals surface area contributed by atoms with E-state index in [1.165, 1.54) is 6.07 Å². The van der Waals surface area contributed by atoms with Crippen LogP contribution in [0.4, 0.5) is 9.18 Å². The van der Waals surface area contributed by atoms with Crippen molar-refractivity contribution >= 4 is 17.0 Å². The Balaban J connectivity index is 2.18. The van der Waals surface area contributed by atoms with Crippen molar-refractivity contribution in [2.24, 2.45) is 0 Å². The maximum Gasteiger partial charge on any atom is 0.407 e. The smallest absolute Gasteiger partial charge is 0.407 e. The van der Waals surface area contributed by atoms with E-state index in [9.17, 15) is 19.1 Å². The number of ether oxygens (including phenoxy) is 1. The van der Waals surface area contributed by atoms with Gasteiger partial charge in [0.1, 0.15) is 11.7 Å². The number of hydrogen-bond donors (Lipinski definition) is 3. The lowest BCUT2D eigenvalue weighted by Gasteiger charge is -2.21. The van der Waals surface area contributed by atoms with Gasteiger partial charge < -0.3 is 20.1 Å². The molecule has 0 bridgehead atoms. The van der Waals surface area contributed by atoms with Crippen molar-refractivity contribution in [1.82, 2.24) is 10.3 Å². The number of alkyl carbamates (subject to hydrolysis) is 1. The van der Waals surface area contributed by atoms with E-state index < -0.39 is 17.8 Å². The lowest BCUT2D eigenvalue weighted by atomic mass is 9.99. The number of rotatable bonds is 4. The fraction of sp³-hybridized carbons (Fsp3) is 0.368. The number of aliphatic hydroxyl groups excluding tert-OH is 1. The van der Waals surface area contributed by atoms with Gasteiger partial charge in [-0.05, 0) is 51.0 Å². The zero-order chi connectivity index (χ0) is 19.5. The molecular formula is C19H23FN2O4. The number of aromatic amines is 1. The summed E-state index contributed by atoms with van der Waals surface area (Å²) < 4.78 is 18.4. The summed E-state index contributed by atoms with van der Waals surface area (Å²) in [6.45, 7) is 6.73. The first kappa shape index (κ1) is 19.7. The van der Waals surface area contributed by atoms with Crippen LogP contribution in [-0.4, -0.2) is 28.3 Å². The number of hydrogen-bond acceptors (Lipinski definition) is 4. The van der Waals surface area contributed by atoms with Gasteiger partial charge in [-0.25, -0.2) is 9.18 Å². The van der Waals surface area contributed by atoms with Crippen LogP contribution in [0.25, 0.3) is 10.9 Å². The maximum atomic E-state index is 13.3. The summed E-state index contributed by atoms with van der Waals surface area (Å²) in [5, 5.41) is 13.6. The van der Waals surface area contributed by atoms with Crippen molar-refractivity contribution < 1.29 is 19.0 Å². The monoisotopic (exact) mass is 362 g/mol. The Labute approximate surface area is 150 Å². The number of benzene rings is 1. The normalized spacial score (nSPS) is 13.5. The lowest BCUT2D eigenvalue weighted by Crippen LogP contribution is -2.34. The summed E-state index contributed by atoms with van der Waals surface area (Å²) in [6.07, 6.45) is -1.67. The Hall–Kier alpha value is -2.67. The lowest BCUT2D eigenvalue weighted by molar-refractivity contribution is 0.0529. The molecule has 3 N–H and O–H groups in total. The fourth-order valence-electron chi connectivity index (χ4n) is 2.51. The van der Waals surface area contributed by atoms with Crippen LogP contribution in [0.2, 0.25) is 0 Å². The van der Waals surface area contributed by atoms with Crippen molar-refractivity contribution in [2.45, 2.75) is 39.4 Å². The van der Waals surface area contributed by atoms with Crippen molar-refractivity contribution in [2.75, 3.05) is 6.54 Å². The third kappa shape index (κ3) is 4.92. The topological polar surface area (TPSA) is 91.4 Å². The molecule has 1 amide bonds. The molecule has 26 heavy (non-hydrogen) atoms. The minimum Gasteiger partial charge on any atom is -0.444 e. The quantitative estimate of drug-likeness (QED) is 0.779. The average molecular weight is 362 g/mol. The highest BCUT2D eigenvalue weighted by atomic mass is 19.1. The third-order valence-electron chi connectivity index (χ3n) is 3.72. The molecule has 140 valence electrons. The van der Waals surface area contributed by atoms with Crippen molar-refractivity contribution in [3.8, 4) is 0 Å². The van der Waals surface area contributed by atoms with Gasteiger partial charge in [0.25, 0.3) is 0 Å². The van der Waals surface area contributed by atoms with Crippen LogP contribution >= 0.6 is 0 Å². The first-order valence-electron chi connectivity index (χ1n) is 8.18. The Kier molecular flexibility index (Phi) is 5.82. The van der Waals surface area contributed by atoms with Gasteiger partial charge in [0.05, 0.1) is 6.33 Å². The molecular weight excluding hydrogens is 339 g/mol. The van der Waals surface area contributed by atoms with E-state index in [2.05, 4.69) is 10.3 Å². The van der Waals surface area contributed by atoms with Crippen LogP contribution in [0.3, 0.4) is 0 Å². The molecule has 0 saturated heterocycles. The van der Waals surface area contributed by atoms with E-state index in [-0.39, 0.29) is 24.0 Å². The van der Waals surface area contributed by atoms with E-state index in [1.54, 1.807) is 45.9 Å². The van der Waals surface area contributed by atoms with Gasteiger partial charge >= 0.3 is 6.09 Å².